The number of carbonyl (C=O) groups is 1. The third-order valence-electron chi connectivity index (χ3n) is 3.76. The summed E-state index contributed by atoms with van der Waals surface area (Å²) in [4.78, 5) is 18.9. The van der Waals surface area contributed by atoms with Crippen LogP contribution < -0.4 is 10.6 Å². The van der Waals surface area contributed by atoms with Gasteiger partial charge in [0.25, 0.3) is 5.91 Å². The highest BCUT2D eigenvalue weighted by molar-refractivity contribution is 7.13. The quantitative estimate of drug-likeness (QED) is 0.867. The van der Waals surface area contributed by atoms with Gasteiger partial charge in [-0.25, -0.2) is 4.98 Å². The zero-order valence-corrected chi connectivity index (χ0v) is 14.3. The van der Waals surface area contributed by atoms with Gasteiger partial charge < -0.3 is 10.6 Å². The van der Waals surface area contributed by atoms with Crippen molar-refractivity contribution in [2.45, 2.75) is 0 Å². The molecule has 2 aromatic rings. The highest BCUT2D eigenvalue weighted by atomic mass is 35.5. The number of piperazine rings is 1. The van der Waals surface area contributed by atoms with Gasteiger partial charge >= 0.3 is 0 Å². The van der Waals surface area contributed by atoms with Crippen molar-refractivity contribution in [3.63, 3.8) is 0 Å². The fourth-order valence-corrected chi connectivity index (χ4v) is 3.61. The molecule has 0 radical (unpaired) electrons. The Kier molecular flexibility index (Phi) is 5.61. The maximum absolute atomic E-state index is 12.2. The van der Waals surface area contributed by atoms with Gasteiger partial charge in [-0.15, -0.1) is 11.3 Å². The van der Waals surface area contributed by atoms with Gasteiger partial charge in [0.1, 0.15) is 10.7 Å². The molecule has 5 nitrogen and oxygen atoms in total. The zero-order chi connectivity index (χ0) is 16.1. The van der Waals surface area contributed by atoms with E-state index in [4.69, 9.17) is 11.6 Å². The lowest BCUT2D eigenvalue weighted by atomic mass is 10.2. The van der Waals surface area contributed by atoms with Gasteiger partial charge in [-0.2, -0.15) is 0 Å². The summed E-state index contributed by atoms with van der Waals surface area (Å²) in [6.45, 7) is 5.60. The Bertz CT molecular complexity index is 670. The molecule has 3 rings (SSSR count). The summed E-state index contributed by atoms with van der Waals surface area (Å²) in [7, 11) is 0. The zero-order valence-electron chi connectivity index (χ0n) is 12.7. The smallest absolute Gasteiger partial charge is 0.270 e. The van der Waals surface area contributed by atoms with Crippen LogP contribution in [0.15, 0.2) is 29.6 Å². The molecule has 1 aromatic heterocycles. The maximum atomic E-state index is 12.2. The second-order valence-corrected chi connectivity index (χ2v) is 6.63. The van der Waals surface area contributed by atoms with Crippen molar-refractivity contribution in [3.05, 3.63) is 40.4 Å². The summed E-state index contributed by atoms with van der Waals surface area (Å²) in [6, 6.07) is 7.53. The normalized spacial score (nSPS) is 15.5. The number of nitrogens with zero attached hydrogens (tertiary/aromatic N) is 2. The summed E-state index contributed by atoms with van der Waals surface area (Å²) in [5, 5.41) is 9.44. The van der Waals surface area contributed by atoms with Gasteiger partial charge in [0, 0.05) is 50.2 Å². The van der Waals surface area contributed by atoms with Crippen molar-refractivity contribution >= 4 is 28.8 Å². The summed E-state index contributed by atoms with van der Waals surface area (Å²) in [5.41, 5.74) is 1.31. The number of benzene rings is 1. The first-order valence-corrected chi connectivity index (χ1v) is 8.91. The van der Waals surface area contributed by atoms with E-state index in [2.05, 4.69) is 20.5 Å². The lowest BCUT2D eigenvalue weighted by Crippen LogP contribution is -2.46. The van der Waals surface area contributed by atoms with Gasteiger partial charge in [0.2, 0.25) is 0 Å². The Balaban J connectivity index is 1.55. The topological polar surface area (TPSA) is 57.3 Å². The molecule has 1 saturated heterocycles. The van der Waals surface area contributed by atoms with Gasteiger partial charge in [-0.1, -0.05) is 29.8 Å². The molecule has 0 aliphatic carbocycles. The number of hydrogen-bond acceptors (Lipinski definition) is 5. The first kappa shape index (κ1) is 16.4. The molecule has 2 N–H and O–H groups in total. The first-order valence-electron chi connectivity index (χ1n) is 7.66. The molecule has 1 aliphatic heterocycles. The molecule has 1 aromatic carbocycles. The van der Waals surface area contributed by atoms with Crippen molar-refractivity contribution in [1.82, 2.24) is 20.5 Å². The number of rotatable bonds is 5. The molecule has 0 spiro atoms. The summed E-state index contributed by atoms with van der Waals surface area (Å²) in [5.74, 6) is -0.130. The number of amides is 1. The predicted octanol–water partition coefficient (Wildman–Crippen LogP) is 2.10. The van der Waals surface area contributed by atoms with Crippen LogP contribution in [0.4, 0.5) is 0 Å². The van der Waals surface area contributed by atoms with E-state index in [0.29, 0.717) is 17.3 Å². The monoisotopic (exact) mass is 350 g/mol. The van der Waals surface area contributed by atoms with Crippen molar-refractivity contribution in [1.29, 1.82) is 0 Å². The molecular formula is C16H19ClN4OS. The number of carbonyl (C=O) groups excluding carboxylic acids is 1. The van der Waals surface area contributed by atoms with Crippen LogP contribution in [0.25, 0.3) is 10.6 Å². The highest BCUT2D eigenvalue weighted by Gasteiger charge is 2.14. The number of nitrogens with one attached hydrogen (secondary N) is 2. The molecule has 0 bridgehead atoms. The summed E-state index contributed by atoms with van der Waals surface area (Å²) in [6.07, 6.45) is 0. The number of aromatic nitrogens is 1. The third kappa shape index (κ3) is 4.29. The molecule has 0 saturated carbocycles. The Morgan fingerprint density at radius 2 is 2.13 bits per heavy atom. The fraction of sp³-hybridized carbons (Fsp3) is 0.375. The van der Waals surface area contributed by atoms with Crippen molar-refractivity contribution in [2.75, 3.05) is 39.3 Å². The SMILES string of the molecule is O=C(NCCN1CCNCC1)c1csc(-c2ccccc2Cl)n1. The van der Waals surface area contributed by atoms with Crippen LogP contribution in [0.5, 0.6) is 0 Å². The van der Waals surface area contributed by atoms with E-state index in [9.17, 15) is 4.79 Å². The van der Waals surface area contributed by atoms with Crippen LogP contribution in [-0.4, -0.2) is 55.1 Å². The van der Waals surface area contributed by atoms with Crippen LogP contribution in [0.2, 0.25) is 5.02 Å². The van der Waals surface area contributed by atoms with Crippen LogP contribution in [0, 0.1) is 0 Å². The maximum Gasteiger partial charge on any atom is 0.270 e. The molecule has 122 valence electrons. The van der Waals surface area contributed by atoms with E-state index < -0.39 is 0 Å². The number of hydrogen-bond donors (Lipinski definition) is 2. The minimum absolute atomic E-state index is 0.130. The number of thiazole rings is 1. The average molecular weight is 351 g/mol. The van der Waals surface area contributed by atoms with Crippen LogP contribution in [-0.2, 0) is 0 Å². The van der Waals surface area contributed by atoms with E-state index in [-0.39, 0.29) is 5.91 Å². The van der Waals surface area contributed by atoms with Gasteiger partial charge in [0.15, 0.2) is 0 Å². The van der Waals surface area contributed by atoms with Crippen LogP contribution in [0.3, 0.4) is 0 Å². The predicted molar refractivity (Wildman–Crippen MR) is 94.2 cm³/mol. The van der Waals surface area contributed by atoms with E-state index in [1.165, 1.54) is 11.3 Å². The minimum atomic E-state index is -0.130. The lowest BCUT2D eigenvalue weighted by molar-refractivity contribution is 0.0943. The van der Waals surface area contributed by atoms with E-state index in [0.717, 1.165) is 43.3 Å². The number of halogens is 1. The van der Waals surface area contributed by atoms with Crippen LogP contribution >= 0.6 is 22.9 Å². The Morgan fingerprint density at radius 1 is 1.35 bits per heavy atom. The summed E-state index contributed by atoms with van der Waals surface area (Å²) < 4.78 is 0. The standard InChI is InChI=1S/C16H19ClN4OS/c17-13-4-2-1-3-12(13)16-20-14(11-23-16)15(22)19-7-10-21-8-5-18-6-9-21/h1-4,11,18H,5-10H2,(H,19,22). The molecule has 0 atom stereocenters. The molecular weight excluding hydrogens is 332 g/mol. The minimum Gasteiger partial charge on any atom is -0.349 e. The van der Waals surface area contributed by atoms with Gasteiger partial charge in [-0.3, -0.25) is 9.69 Å². The molecule has 2 heterocycles. The van der Waals surface area contributed by atoms with E-state index >= 15 is 0 Å². The van der Waals surface area contributed by atoms with Crippen molar-refractivity contribution < 1.29 is 4.79 Å². The highest BCUT2D eigenvalue weighted by Crippen LogP contribution is 2.29. The lowest BCUT2D eigenvalue weighted by Gasteiger charge is -2.26. The Labute approximate surface area is 144 Å². The Morgan fingerprint density at radius 3 is 2.91 bits per heavy atom. The van der Waals surface area contributed by atoms with Crippen molar-refractivity contribution in [2.24, 2.45) is 0 Å². The van der Waals surface area contributed by atoms with Crippen molar-refractivity contribution in [3.8, 4) is 10.6 Å². The van der Waals surface area contributed by atoms with Gasteiger partial charge in [-0.05, 0) is 6.07 Å². The molecule has 23 heavy (non-hydrogen) atoms. The average Bonchev–Trinajstić information content (AvgIpc) is 3.06. The van der Waals surface area contributed by atoms with Crippen LogP contribution in [0.1, 0.15) is 10.5 Å². The first-order chi connectivity index (χ1) is 11.2. The molecule has 1 amide bonds. The summed E-state index contributed by atoms with van der Waals surface area (Å²) >= 11 is 7.60. The molecule has 7 heteroatoms. The van der Waals surface area contributed by atoms with Gasteiger partial charge in [0.05, 0.1) is 5.02 Å². The molecule has 1 fully saturated rings. The third-order valence-corrected chi connectivity index (χ3v) is 4.97. The van der Waals surface area contributed by atoms with E-state index in [1.54, 1.807) is 5.38 Å². The second-order valence-electron chi connectivity index (χ2n) is 5.37. The largest absolute Gasteiger partial charge is 0.349 e. The fourth-order valence-electron chi connectivity index (χ4n) is 2.49. The molecule has 0 unspecified atom stereocenters. The molecule has 1 aliphatic rings. The second kappa shape index (κ2) is 7.88. The van der Waals surface area contributed by atoms with E-state index in [1.807, 2.05) is 24.3 Å². The Hall–Kier alpha value is -1.47.